The summed E-state index contributed by atoms with van der Waals surface area (Å²) >= 11 is 3.24. The molecule has 1 saturated heterocycles. The molecule has 3 aromatic carbocycles. The van der Waals surface area contributed by atoms with Crippen LogP contribution in [-0.4, -0.2) is 174 Å². The van der Waals surface area contributed by atoms with E-state index in [0.717, 1.165) is 82.1 Å². The van der Waals surface area contributed by atoms with Gasteiger partial charge in [0.05, 0.1) is 52.9 Å². The third kappa shape index (κ3) is 42.2. The second-order valence-corrected chi connectivity index (χ2v) is 42.1. The first-order valence-electron chi connectivity index (χ1n) is 40.5. The Bertz CT molecular complexity index is 3260. The van der Waals surface area contributed by atoms with Gasteiger partial charge < -0.3 is 57.8 Å². The van der Waals surface area contributed by atoms with E-state index in [1.165, 1.54) is 24.1 Å². The maximum Gasteiger partial charge on any atom is 0.409 e. The number of halogens is 2. The molecule has 27 heteroatoms. The lowest BCUT2D eigenvalue weighted by atomic mass is 9.91. The van der Waals surface area contributed by atoms with Gasteiger partial charge in [0, 0.05) is 49.0 Å². The summed E-state index contributed by atoms with van der Waals surface area (Å²) in [7, 11) is -3.57. The van der Waals surface area contributed by atoms with Gasteiger partial charge in [0.2, 0.25) is 17.1 Å². The molecule has 1 heterocycles. The highest BCUT2D eigenvalue weighted by Gasteiger charge is 2.52. The molecule has 0 bridgehead atoms. The van der Waals surface area contributed by atoms with Crippen molar-refractivity contribution in [2.45, 2.75) is 291 Å². The normalized spacial score (nSPS) is 14.6. The number of hydrogen-bond donors (Lipinski definition) is 4. The zero-order valence-corrected chi connectivity index (χ0v) is 79.0. The van der Waals surface area contributed by atoms with Gasteiger partial charge in [0.1, 0.15) is 12.2 Å². The fourth-order valence-electron chi connectivity index (χ4n) is 10.8. The fraction of sp³-hybridized carbons (Fsp3) is 0.618. The lowest BCUT2D eigenvalue weighted by molar-refractivity contribution is -0.168. The van der Waals surface area contributed by atoms with Crippen molar-refractivity contribution in [2.24, 2.45) is 5.73 Å². The van der Waals surface area contributed by atoms with E-state index in [9.17, 15) is 38.4 Å². The molecule has 660 valence electrons. The third-order valence-electron chi connectivity index (χ3n) is 19.9. The number of rotatable bonds is 42. The summed E-state index contributed by atoms with van der Waals surface area (Å²) in [6, 6.07) is 29.7. The Hall–Kier alpha value is -6.86. The molecule has 4 rings (SSSR count). The van der Waals surface area contributed by atoms with Crippen LogP contribution in [0.25, 0.3) is 0 Å². The monoisotopic (exact) mass is 1750 g/mol. The van der Waals surface area contributed by atoms with Crippen molar-refractivity contribution in [3.8, 4) is 0 Å². The number of carbonyl (C=O) groups is 8. The Labute approximate surface area is 714 Å². The summed E-state index contributed by atoms with van der Waals surface area (Å²) in [5.74, 6) is -4.71. The Morgan fingerprint density at radius 2 is 0.922 bits per heavy atom. The highest BCUT2D eigenvalue weighted by Crippen LogP contribution is 2.43. The highest BCUT2D eigenvalue weighted by atomic mass is 79.9. The minimum absolute atomic E-state index is 0. The van der Waals surface area contributed by atoms with Gasteiger partial charge in [-0.05, 0) is 186 Å². The zero-order valence-electron chi connectivity index (χ0n) is 74.6. The maximum absolute atomic E-state index is 12.5. The van der Waals surface area contributed by atoms with Gasteiger partial charge in [-0.15, -0.1) is 38.7 Å². The first kappa shape index (κ1) is 113. The van der Waals surface area contributed by atoms with Gasteiger partial charge in [0.15, 0.2) is 16.6 Å². The molecule has 0 saturated carbocycles. The molecule has 0 radical (unpaired) electrons. The summed E-state index contributed by atoms with van der Waals surface area (Å²) in [5.41, 5.74) is 4.52. The first-order valence-corrected chi connectivity index (χ1v) is 47.5. The summed E-state index contributed by atoms with van der Waals surface area (Å²) in [4.78, 5) is 97.4. The molecule has 1 aliphatic heterocycles. The number of nitrogens with one attached hydrogen (secondary N) is 3. The van der Waals surface area contributed by atoms with Crippen LogP contribution in [0.5, 0.6) is 0 Å². The van der Waals surface area contributed by atoms with Crippen LogP contribution in [0.2, 0.25) is 36.3 Å². The number of allylic oxidation sites excluding steroid dienone is 4. The van der Waals surface area contributed by atoms with E-state index in [2.05, 4.69) is 215 Å². The fourth-order valence-corrected chi connectivity index (χ4v) is 13.2. The molecular formula is C89H149BrClN5O18Si2. The second-order valence-electron chi connectivity index (χ2n) is 31.6. The summed E-state index contributed by atoms with van der Waals surface area (Å²) in [6.07, 6.45) is 14.5. The van der Waals surface area contributed by atoms with E-state index in [-0.39, 0.29) is 98.1 Å². The molecular weight excluding hydrogens is 1600 g/mol. The van der Waals surface area contributed by atoms with Gasteiger partial charge in [-0.3, -0.25) is 20.3 Å². The molecule has 3 atom stereocenters. The van der Waals surface area contributed by atoms with Gasteiger partial charge in [-0.25, -0.2) is 33.6 Å². The molecule has 0 aromatic heterocycles. The number of ether oxygens (including phenoxy) is 8. The first-order chi connectivity index (χ1) is 53.9. The Morgan fingerprint density at radius 3 is 1.28 bits per heavy atom. The van der Waals surface area contributed by atoms with Crippen LogP contribution < -0.4 is 21.7 Å². The number of amides is 1. The smallest absolute Gasteiger partial charge is 0.409 e. The summed E-state index contributed by atoms with van der Waals surface area (Å²) < 4.78 is 53.0. The van der Waals surface area contributed by atoms with Crippen LogP contribution in [0.1, 0.15) is 212 Å². The number of carbonyl (C=O) groups excluding carboxylic acids is 8. The standard InChI is InChI=1S/C23H39NO3Si.C21H37NOSi.C18H25NO4.C16H27NO6.C7H13NO4.C4H7Br.ClH/c1-8-23(18-27-28(6,7)22(3,4)5)15-14-21(17-26-19(2)25)24(23)16-20-12-10-9-11-13-20;1-8-10-16-21(9-2,18-23-24(6,7)20(3,4)5)22-17-19-14-12-11-13-15-19;1-4-7-13-18(16(20)22-5-2,17(21)23-6-3)19-14-15-11-9-8-10-12-15;1-7-10-11-16(12(18)21-8-2,13(19)22-9-3)17-14(20)23-15(4,5)6;1-3-11-6(9)5(8)7(10)12-4-2;1-2-3-4-5;/h9-13,21H,8,14-18H2,1-7H3;8,11-15,22H,1,9-10,16-18H2,2-7H3;4,8-12,19H,1,5-7,13-14H2,2-3H3;7H,1,8-11H2,2-6H3,(H,17,20);5H,3-4,8H2,1-2H3;2H,1,3-4H2;1H. The second kappa shape index (κ2) is 58.9. The maximum atomic E-state index is 12.5. The number of hydrogen-bond acceptors (Lipinski definition) is 22. The zero-order chi connectivity index (χ0) is 88.2. The number of alkyl carbamates (subject to hydrolysis) is 1. The highest BCUT2D eigenvalue weighted by molar-refractivity contribution is 9.09. The minimum Gasteiger partial charge on any atom is -0.464 e. The van der Waals surface area contributed by atoms with E-state index >= 15 is 0 Å². The van der Waals surface area contributed by atoms with Crippen LogP contribution >= 0.6 is 28.3 Å². The molecule has 0 aliphatic carbocycles. The molecule has 3 unspecified atom stereocenters. The van der Waals surface area contributed by atoms with Crippen LogP contribution in [0.3, 0.4) is 0 Å². The van der Waals surface area contributed by atoms with Crippen molar-refractivity contribution >= 4 is 92.9 Å². The number of benzene rings is 3. The summed E-state index contributed by atoms with van der Waals surface area (Å²) in [6.45, 7) is 63.7. The van der Waals surface area contributed by atoms with Gasteiger partial charge in [-0.1, -0.05) is 187 Å². The summed E-state index contributed by atoms with van der Waals surface area (Å²) in [5, 5.41) is 10.7. The number of alkyl halides is 1. The van der Waals surface area contributed by atoms with Crippen molar-refractivity contribution < 1.29 is 85.1 Å². The van der Waals surface area contributed by atoms with E-state index < -0.39 is 81.3 Å². The van der Waals surface area contributed by atoms with Crippen molar-refractivity contribution in [2.75, 3.05) is 64.8 Å². The topological polar surface area (TPSA) is 294 Å². The van der Waals surface area contributed by atoms with Crippen molar-refractivity contribution in [3.63, 3.8) is 0 Å². The Morgan fingerprint density at radius 1 is 0.543 bits per heavy atom. The van der Waals surface area contributed by atoms with Crippen molar-refractivity contribution in [1.82, 2.24) is 20.9 Å². The van der Waals surface area contributed by atoms with Crippen LogP contribution in [-0.2, 0) is 99.9 Å². The van der Waals surface area contributed by atoms with Crippen LogP contribution in [0, 0.1) is 0 Å². The van der Waals surface area contributed by atoms with Gasteiger partial charge >= 0.3 is 47.9 Å². The van der Waals surface area contributed by atoms with E-state index in [1.54, 1.807) is 68.4 Å². The molecule has 1 fully saturated rings. The average molecular weight is 1750 g/mol. The molecule has 0 spiro atoms. The van der Waals surface area contributed by atoms with Crippen molar-refractivity contribution in [3.05, 3.63) is 158 Å². The van der Waals surface area contributed by atoms with Gasteiger partial charge in [-0.2, -0.15) is 0 Å². The predicted molar refractivity (Wildman–Crippen MR) is 477 cm³/mol. The minimum atomic E-state index is -1.96. The average Bonchev–Trinajstić information content (AvgIpc) is 1.61. The molecule has 116 heavy (non-hydrogen) atoms. The van der Waals surface area contributed by atoms with E-state index in [1.807, 2.05) is 42.5 Å². The Kier molecular flexibility index (Phi) is 57.6. The predicted octanol–water partition coefficient (Wildman–Crippen LogP) is 18.1. The number of nitrogens with two attached hydrogens (primary N) is 1. The molecule has 23 nitrogen and oxygen atoms in total. The third-order valence-corrected chi connectivity index (χ3v) is 29.3. The van der Waals surface area contributed by atoms with Crippen LogP contribution in [0.15, 0.2) is 142 Å². The molecule has 5 N–H and O–H groups in total. The largest absolute Gasteiger partial charge is 0.464 e. The van der Waals surface area contributed by atoms with Crippen molar-refractivity contribution in [1.29, 1.82) is 0 Å². The van der Waals surface area contributed by atoms with E-state index in [4.69, 9.17) is 43.0 Å². The molecule has 1 amide bonds. The number of esters is 7. The number of likely N-dealkylation sites (tertiary alicyclic amines) is 1. The SMILES string of the molecule is C=CCCBr.C=CCCC(CC)(CO[Si](C)(C)C(C)(C)C)NCc1ccccc1.C=CCCC(NC(=O)OC(C)(C)C)(C(=O)OCC)C(=O)OCC.C=CCCC(NCc1ccccc1)(C(=O)OCC)C(=O)OCC.CCC1(CO[Si](C)(C)C(C)(C)C)CCC(COC(C)=O)N1Cc1ccccc1.CCOC(=O)C(N)C(=O)OCC.Cl. The lowest BCUT2D eigenvalue weighted by Gasteiger charge is -2.44. The van der Waals surface area contributed by atoms with Gasteiger partial charge in [0.25, 0.3) is 0 Å². The lowest BCUT2D eigenvalue weighted by Crippen LogP contribution is -2.62. The van der Waals surface area contributed by atoms with E-state index in [0.29, 0.717) is 26.0 Å². The van der Waals surface area contributed by atoms with Crippen LogP contribution in [0.4, 0.5) is 4.79 Å². The molecule has 3 aromatic rings. The number of nitrogens with zero attached hydrogens (tertiary/aromatic N) is 1. The molecule has 1 aliphatic rings. The quantitative estimate of drug-likeness (QED) is 0.0102. The Balaban J connectivity index is -0.00000137.